The minimum absolute atomic E-state index is 0.271. The Balaban J connectivity index is 1.91. The van der Waals surface area contributed by atoms with Crippen molar-refractivity contribution in [3.63, 3.8) is 0 Å². The molecule has 0 atom stereocenters. The third kappa shape index (κ3) is 3.06. The van der Waals surface area contributed by atoms with Crippen molar-refractivity contribution >= 4 is 28.3 Å². The van der Waals surface area contributed by atoms with Gasteiger partial charge in [0.1, 0.15) is 0 Å². The largest absolute Gasteiger partial charge is 0.465 e. The predicted molar refractivity (Wildman–Crippen MR) is 89.7 cm³/mol. The van der Waals surface area contributed by atoms with Crippen molar-refractivity contribution < 1.29 is 14.3 Å². The Morgan fingerprint density at radius 2 is 1.57 bits per heavy atom. The number of hydrogen-bond acceptors (Lipinski definition) is 3. The van der Waals surface area contributed by atoms with Crippen LogP contribution in [0.2, 0.25) is 0 Å². The van der Waals surface area contributed by atoms with E-state index in [9.17, 15) is 9.59 Å². The summed E-state index contributed by atoms with van der Waals surface area (Å²) in [5.41, 5.74) is 1.48. The summed E-state index contributed by atoms with van der Waals surface area (Å²) in [6.07, 6.45) is 0. The van der Waals surface area contributed by atoms with E-state index in [-0.39, 0.29) is 5.91 Å². The van der Waals surface area contributed by atoms with Crippen molar-refractivity contribution in [2.45, 2.75) is 0 Å². The SMILES string of the molecule is COC(=O)c1cccc(C(=O)Nc2cccc3ccccc23)c1. The average Bonchev–Trinajstić information content (AvgIpc) is 2.61. The molecule has 0 heterocycles. The minimum Gasteiger partial charge on any atom is -0.465 e. The number of amides is 1. The Morgan fingerprint density at radius 3 is 2.39 bits per heavy atom. The lowest BCUT2D eigenvalue weighted by Gasteiger charge is -2.09. The Hall–Kier alpha value is -3.14. The lowest BCUT2D eigenvalue weighted by atomic mass is 10.1. The fraction of sp³-hybridized carbons (Fsp3) is 0.0526. The second-order valence-electron chi connectivity index (χ2n) is 5.05. The maximum atomic E-state index is 12.5. The number of benzene rings is 3. The van der Waals surface area contributed by atoms with Gasteiger partial charge in [-0.1, -0.05) is 42.5 Å². The van der Waals surface area contributed by atoms with Crippen LogP contribution in [0.15, 0.2) is 66.7 Å². The Morgan fingerprint density at radius 1 is 0.870 bits per heavy atom. The summed E-state index contributed by atoms with van der Waals surface area (Å²) in [6, 6.07) is 20.0. The zero-order valence-corrected chi connectivity index (χ0v) is 12.6. The second-order valence-corrected chi connectivity index (χ2v) is 5.05. The zero-order valence-electron chi connectivity index (χ0n) is 12.6. The summed E-state index contributed by atoms with van der Waals surface area (Å²) in [7, 11) is 1.31. The maximum Gasteiger partial charge on any atom is 0.337 e. The van der Waals surface area contributed by atoms with Crippen LogP contribution in [0, 0.1) is 0 Å². The van der Waals surface area contributed by atoms with Crippen LogP contribution in [0.4, 0.5) is 5.69 Å². The summed E-state index contributed by atoms with van der Waals surface area (Å²) in [5.74, 6) is -0.739. The van der Waals surface area contributed by atoms with Crippen LogP contribution in [-0.2, 0) is 4.74 Å². The summed E-state index contributed by atoms with van der Waals surface area (Å²) in [4.78, 5) is 24.0. The van der Waals surface area contributed by atoms with E-state index in [1.807, 2.05) is 42.5 Å². The van der Waals surface area contributed by atoms with E-state index in [0.29, 0.717) is 11.1 Å². The first kappa shape index (κ1) is 14.8. The van der Waals surface area contributed by atoms with E-state index in [0.717, 1.165) is 16.5 Å². The number of ether oxygens (including phenoxy) is 1. The summed E-state index contributed by atoms with van der Waals surface area (Å²) >= 11 is 0. The molecule has 0 aliphatic heterocycles. The smallest absolute Gasteiger partial charge is 0.337 e. The molecule has 114 valence electrons. The molecule has 3 aromatic rings. The monoisotopic (exact) mass is 305 g/mol. The van der Waals surface area contributed by atoms with Gasteiger partial charge in [0, 0.05) is 16.6 Å². The highest BCUT2D eigenvalue weighted by Crippen LogP contribution is 2.23. The molecule has 0 aromatic heterocycles. The number of fused-ring (bicyclic) bond motifs is 1. The standard InChI is InChI=1S/C19H15NO3/c1-23-19(22)15-9-4-8-14(12-15)18(21)20-17-11-5-7-13-6-2-3-10-16(13)17/h2-12H,1H3,(H,20,21). The number of rotatable bonds is 3. The van der Waals surface area contributed by atoms with Gasteiger partial charge in [-0.05, 0) is 29.7 Å². The molecule has 0 saturated heterocycles. The first-order valence-electron chi connectivity index (χ1n) is 7.16. The van der Waals surface area contributed by atoms with Crippen LogP contribution in [0.5, 0.6) is 0 Å². The van der Waals surface area contributed by atoms with Crippen LogP contribution < -0.4 is 5.32 Å². The van der Waals surface area contributed by atoms with Gasteiger partial charge in [-0.3, -0.25) is 4.79 Å². The Labute approximate surface area is 133 Å². The Bertz CT molecular complexity index is 881. The van der Waals surface area contributed by atoms with Gasteiger partial charge in [0.05, 0.1) is 12.7 Å². The number of carbonyl (C=O) groups excluding carboxylic acids is 2. The van der Waals surface area contributed by atoms with Crippen LogP contribution in [0.25, 0.3) is 10.8 Å². The Kier molecular flexibility index (Phi) is 4.06. The molecule has 0 bridgehead atoms. The molecule has 0 aliphatic carbocycles. The van der Waals surface area contributed by atoms with Crippen molar-refractivity contribution in [2.75, 3.05) is 12.4 Å². The van der Waals surface area contributed by atoms with Gasteiger partial charge in [0.15, 0.2) is 0 Å². The summed E-state index contributed by atoms with van der Waals surface area (Å²) < 4.78 is 4.68. The highest BCUT2D eigenvalue weighted by molar-refractivity contribution is 6.09. The van der Waals surface area contributed by atoms with E-state index in [2.05, 4.69) is 10.1 Å². The van der Waals surface area contributed by atoms with E-state index in [4.69, 9.17) is 0 Å². The first-order valence-corrected chi connectivity index (χ1v) is 7.16. The molecule has 3 rings (SSSR count). The molecule has 0 aliphatic rings. The molecule has 1 N–H and O–H groups in total. The lowest BCUT2D eigenvalue weighted by Crippen LogP contribution is -2.13. The quantitative estimate of drug-likeness (QED) is 0.747. The van der Waals surface area contributed by atoms with Crippen LogP contribution in [0.3, 0.4) is 0 Å². The summed E-state index contributed by atoms with van der Waals surface area (Å²) in [6.45, 7) is 0. The van der Waals surface area contributed by atoms with Crippen LogP contribution in [0.1, 0.15) is 20.7 Å². The van der Waals surface area contributed by atoms with Gasteiger partial charge in [-0.2, -0.15) is 0 Å². The van der Waals surface area contributed by atoms with Gasteiger partial charge in [0.25, 0.3) is 5.91 Å². The van der Waals surface area contributed by atoms with Gasteiger partial charge >= 0.3 is 5.97 Å². The van der Waals surface area contributed by atoms with Gasteiger partial charge in [-0.25, -0.2) is 4.79 Å². The van der Waals surface area contributed by atoms with Gasteiger partial charge in [-0.15, -0.1) is 0 Å². The number of hydrogen-bond donors (Lipinski definition) is 1. The minimum atomic E-state index is -0.468. The molecule has 4 nitrogen and oxygen atoms in total. The zero-order chi connectivity index (χ0) is 16.2. The fourth-order valence-corrected chi connectivity index (χ4v) is 2.43. The molecular weight excluding hydrogens is 290 g/mol. The number of carbonyl (C=O) groups is 2. The molecule has 1 amide bonds. The van der Waals surface area contributed by atoms with E-state index < -0.39 is 5.97 Å². The molecule has 0 radical (unpaired) electrons. The van der Waals surface area contributed by atoms with Crippen molar-refractivity contribution in [2.24, 2.45) is 0 Å². The molecule has 4 heteroatoms. The van der Waals surface area contributed by atoms with E-state index in [1.165, 1.54) is 13.2 Å². The molecule has 0 spiro atoms. The fourth-order valence-electron chi connectivity index (χ4n) is 2.43. The predicted octanol–water partition coefficient (Wildman–Crippen LogP) is 3.88. The highest BCUT2D eigenvalue weighted by atomic mass is 16.5. The van der Waals surface area contributed by atoms with E-state index in [1.54, 1.807) is 18.2 Å². The third-order valence-corrected chi connectivity index (χ3v) is 3.58. The second kappa shape index (κ2) is 6.32. The molecular formula is C19H15NO3. The van der Waals surface area contributed by atoms with E-state index >= 15 is 0 Å². The number of esters is 1. The van der Waals surface area contributed by atoms with Crippen molar-refractivity contribution in [3.8, 4) is 0 Å². The third-order valence-electron chi connectivity index (χ3n) is 3.58. The molecule has 3 aromatic carbocycles. The van der Waals surface area contributed by atoms with Crippen molar-refractivity contribution in [1.82, 2.24) is 0 Å². The normalized spacial score (nSPS) is 10.3. The average molecular weight is 305 g/mol. The van der Waals surface area contributed by atoms with Gasteiger partial charge in [0.2, 0.25) is 0 Å². The summed E-state index contributed by atoms with van der Waals surface area (Å²) in [5, 5.41) is 4.91. The molecule has 0 unspecified atom stereocenters. The van der Waals surface area contributed by atoms with Crippen molar-refractivity contribution in [3.05, 3.63) is 77.9 Å². The molecule has 0 saturated carbocycles. The topological polar surface area (TPSA) is 55.4 Å². The first-order chi connectivity index (χ1) is 11.2. The number of nitrogens with one attached hydrogen (secondary N) is 1. The number of methoxy groups -OCH3 is 1. The van der Waals surface area contributed by atoms with Crippen LogP contribution in [-0.4, -0.2) is 19.0 Å². The van der Waals surface area contributed by atoms with Gasteiger partial charge < -0.3 is 10.1 Å². The van der Waals surface area contributed by atoms with Crippen molar-refractivity contribution in [1.29, 1.82) is 0 Å². The van der Waals surface area contributed by atoms with Crippen LogP contribution >= 0.6 is 0 Å². The molecule has 0 fully saturated rings. The lowest BCUT2D eigenvalue weighted by molar-refractivity contribution is 0.0600. The molecule has 23 heavy (non-hydrogen) atoms. The number of anilines is 1. The maximum absolute atomic E-state index is 12.5. The highest BCUT2D eigenvalue weighted by Gasteiger charge is 2.11.